The summed E-state index contributed by atoms with van der Waals surface area (Å²) in [5.41, 5.74) is -0.00710. The minimum atomic E-state index is -1.85. The highest BCUT2D eigenvalue weighted by Crippen LogP contribution is 2.35. The van der Waals surface area contributed by atoms with E-state index < -0.39 is 29.9 Å². The minimum absolute atomic E-state index is 0.155. The molecular weight excluding hydrogens is 529 g/mol. The van der Waals surface area contributed by atoms with Gasteiger partial charge in [0.2, 0.25) is 11.8 Å². The maximum Gasteiger partial charge on any atom is 0.545 e. The fourth-order valence-corrected chi connectivity index (χ4v) is 4.69. The summed E-state index contributed by atoms with van der Waals surface area (Å²) in [4.78, 5) is 30.3. The molecular formula is C24H34Cl2N3O6S+. The van der Waals surface area contributed by atoms with Crippen molar-refractivity contribution in [1.82, 2.24) is 10.2 Å². The number of benzene rings is 1. The van der Waals surface area contributed by atoms with Crippen LogP contribution in [0, 0.1) is 5.92 Å². The first-order valence-electron chi connectivity index (χ1n) is 11.5. The number of carbonyl (C=O) groups excluding carboxylic acids is 2. The SMILES string of the molecule is CSc1ccc(/C=C/C(=O)N2CCC(C(=O)N[C@@H](C[NH+]=C(O)OC(C)(C)C)C(O)O)CC2)c(Cl)c1Cl. The van der Waals surface area contributed by atoms with Crippen molar-refractivity contribution in [3.8, 4) is 0 Å². The highest BCUT2D eigenvalue weighted by atomic mass is 35.5. The molecule has 1 aliphatic heterocycles. The van der Waals surface area contributed by atoms with Crippen molar-refractivity contribution in [2.24, 2.45) is 5.92 Å². The zero-order valence-corrected chi connectivity index (χ0v) is 23.1. The number of aliphatic hydroxyl groups excluding tert-OH is 2. The van der Waals surface area contributed by atoms with Gasteiger partial charge in [-0.3, -0.25) is 9.59 Å². The molecule has 1 saturated heterocycles. The highest BCUT2D eigenvalue weighted by molar-refractivity contribution is 7.98. The summed E-state index contributed by atoms with van der Waals surface area (Å²) < 4.78 is 5.22. The molecule has 200 valence electrons. The van der Waals surface area contributed by atoms with Crippen LogP contribution in [0.5, 0.6) is 0 Å². The molecule has 0 spiro atoms. The van der Waals surface area contributed by atoms with Gasteiger partial charge < -0.3 is 30.3 Å². The van der Waals surface area contributed by atoms with Crippen molar-refractivity contribution in [2.45, 2.75) is 56.4 Å². The number of amides is 2. The molecule has 0 aromatic heterocycles. The Bertz CT molecular complexity index is 989. The molecule has 0 aliphatic carbocycles. The van der Waals surface area contributed by atoms with Gasteiger partial charge >= 0.3 is 6.08 Å². The quantitative estimate of drug-likeness (QED) is 0.107. The molecule has 0 bridgehead atoms. The molecule has 0 unspecified atom stereocenters. The monoisotopic (exact) mass is 562 g/mol. The lowest BCUT2D eigenvalue weighted by Crippen LogP contribution is -2.79. The topological polar surface area (TPSA) is 133 Å². The Morgan fingerprint density at radius 3 is 2.44 bits per heavy atom. The third-order valence-electron chi connectivity index (χ3n) is 5.44. The Morgan fingerprint density at radius 1 is 1.25 bits per heavy atom. The molecule has 9 nitrogen and oxygen atoms in total. The van der Waals surface area contributed by atoms with Crippen LogP contribution in [0.1, 0.15) is 39.2 Å². The van der Waals surface area contributed by atoms with E-state index in [1.54, 1.807) is 37.8 Å². The van der Waals surface area contributed by atoms with Crippen LogP contribution in [0.2, 0.25) is 10.0 Å². The lowest BCUT2D eigenvalue weighted by Gasteiger charge is -2.31. The fourth-order valence-electron chi connectivity index (χ4n) is 3.52. The second-order valence-corrected chi connectivity index (χ2v) is 11.0. The summed E-state index contributed by atoms with van der Waals surface area (Å²) in [7, 11) is 0. The number of nitrogens with zero attached hydrogens (tertiary/aromatic N) is 1. The number of carbonyl (C=O) groups is 2. The number of ether oxygens (including phenoxy) is 1. The van der Waals surface area contributed by atoms with E-state index in [-0.39, 0.29) is 18.4 Å². The predicted octanol–water partition coefficient (Wildman–Crippen LogP) is 1.57. The van der Waals surface area contributed by atoms with Crippen LogP contribution in [-0.2, 0) is 14.3 Å². The zero-order valence-electron chi connectivity index (χ0n) is 20.8. The Balaban J connectivity index is 1.90. The molecule has 36 heavy (non-hydrogen) atoms. The lowest BCUT2D eigenvalue weighted by atomic mass is 9.95. The van der Waals surface area contributed by atoms with Gasteiger partial charge in [0.1, 0.15) is 11.6 Å². The first-order chi connectivity index (χ1) is 16.8. The molecule has 0 saturated carbocycles. The predicted molar refractivity (Wildman–Crippen MR) is 141 cm³/mol. The van der Waals surface area contributed by atoms with Gasteiger partial charge in [-0.2, -0.15) is 4.99 Å². The Kier molecular flexibility index (Phi) is 11.4. The average molecular weight is 564 g/mol. The summed E-state index contributed by atoms with van der Waals surface area (Å²) in [6, 6.07) is 2.57. The summed E-state index contributed by atoms with van der Waals surface area (Å²) in [6.07, 6.45) is 3.47. The lowest BCUT2D eigenvalue weighted by molar-refractivity contribution is -0.488. The second kappa shape index (κ2) is 13.5. The Hall–Kier alpha value is -1.98. The number of nitrogens with one attached hydrogen (secondary N) is 2. The van der Waals surface area contributed by atoms with Crippen molar-refractivity contribution < 1.29 is 34.6 Å². The van der Waals surface area contributed by atoms with E-state index in [2.05, 4.69) is 10.3 Å². The number of hydrogen-bond donors (Lipinski definition) is 5. The van der Waals surface area contributed by atoms with E-state index >= 15 is 0 Å². The van der Waals surface area contributed by atoms with Crippen LogP contribution in [0.3, 0.4) is 0 Å². The molecule has 1 aliphatic rings. The highest BCUT2D eigenvalue weighted by Gasteiger charge is 2.30. The summed E-state index contributed by atoms with van der Waals surface area (Å²) in [5.74, 6) is -0.952. The molecule has 5 N–H and O–H groups in total. The summed E-state index contributed by atoms with van der Waals surface area (Å²) >= 11 is 14.0. The van der Waals surface area contributed by atoms with Gasteiger partial charge in [0.15, 0.2) is 12.8 Å². The number of rotatable bonds is 8. The van der Waals surface area contributed by atoms with Gasteiger partial charge in [0.25, 0.3) is 0 Å². The van der Waals surface area contributed by atoms with Gasteiger partial charge in [0, 0.05) is 30.0 Å². The molecule has 2 rings (SSSR count). The number of likely N-dealkylation sites (tertiary alicyclic amines) is 1. The number of thioether (sulfide) groups is 1. The van der Waals surface area contributed by atoms with Crippen molar-refractivity contribution >= 4 is 58.9 Å². The van der Waals surface area contributed by atoms with E-state index in [0.717, 1.165) is 4.90 Å². The normalized spacial score (nSPS) is 16.5. The minimum Gasteiger partial charge on any atom is -0.430 e. The molecule has 2 amide bonds. The Labute approximate surface area is 225 Å². The molecule has 1 aromatic rings. The molecule has 1 heterocycles. The Morgan fingerprint density at radius 2 is 1.89 bits per heavy atom. The molecule has 0 radical (unpaired) electrons. The van der Waals surface area contributed by atoms with E-state index in [0.29, 0.717) is 41.5 Å². The molecule has 1 atom stereocenters. The number of hydrogen-bond acceptors (Lipinski definition) is 6. The van der Waals surface area contributed by atoms with Crippen LogP contribution in [0.25, 0.3) is 6.08 Å². The molecule has 1 aromatic carbocycles. The van der Waals surface area contributed by atoms with E-state index in [9.17, 15) is 24.9 Å². The largest absolute Gasteiger partial charge is 0.545 e. The van der Waals surface area contributed by atoms with Gasteiger partial charge in [-0.25, -0.2) is 0 Å². The zero-order chi connectivity index (χ0) is 27.0. The van der Waals surface area contributed by atoms with Gasteiger partial charge in [-0.05, 0) is 57.6 Å². The third-order valence-corrected chi connectivity index (χ3v) is 7.23. The first-order valence-corrected chi connectivity index (χ1v) is 13.4. The first kappa shape index (κ1) is 30.2. The van der Waals surface area contributed by atoms with Gasteiger partial charge in [0.05, 0.1) is 10.0 Å². The fraction of sp³-hybridized carbons (Fsp3) is 0.542. The smallest absolute Gasteiger partial charge is 0.430 e. The maximum atomic E-state index is 12.7. The van der Waals surface area contributed by atoms with Crippen LogP contribution < -0.4 is 10.3 Å². The second-order valence-electron chi connectivity index (χ2n) is 9.35. The average Bonchev–Trinajstić information content (AvgIpc) is 2.81. The van der Waals surface area contributed by atoms with Gasteiger partial charge in [-0.1, -0.05) is 29.3 Å². The number of piperidine rings is 1. The molecule has 12 heteroatoms. The number of aliphatic hydroxyl groups is 3. The van der Waals surface area contributed by atoms with Crippen molar-refractivity contribution in [2.75, 3.05) is 25.9 Å². The van der Waals surface area contributed by atoms with Crippen LogP contribution >= 0.6 is 35.0 Å². The van der Waals surface area contributed by atoms with E-state index in [1.165, 1.54) is 17.8 Å². The molecule has 1 fully saturated rings. The standard InChI is InChI=1S/C24H33Cl2N3O6S/c1-24(2,3)35-23(34)27-13-16(22(32)33)28-21(31)15-9-11-29(12-10-15)18(30)8-6-14-5-7-17(36-4)20(26)19(14)25/h5-8,15-16,22,32-33H,9-13H2,1-4H3,(H,27,34)(H,28,31)/p+1/b8-6+/t16-/m0/s1. The van der Waals surface area contributed by atoms with Crippen molar-refractivity contribution in [3.63, 3.8) is 0 Å². The van der Waals surface area contributed by atoms with Crippen LogP contribution in [0.4, 0.5) is 0 Å². The maximum absolute atomic E-state index is 12.7. The van der Waals surface area contributed by atoms with Crippen LogP contribution in [-0.4, -0.2) is 81.9 Å². The van der Waals surface area contributed by atoms with E-state index in [1.807, 2.05) is 12.3 Å². The summed E-state index contributed by atoms with van der Waals surface area (Å²) in [5, 5.41) is 32.5. The van der Waals surface area contributed by atoms with E-state index in [4.69, 9.17) is 27.9 Å². The van der Waals surface area contributed by atoms with Gasteiger partial charge in [-0.15, -0.1) is 11.8 Å². The summed E-state index contributed by atoms with van der Waals surface area (Å²) in [6.45, 7) is 5.82. The van der Waals surface area contributed by atoms with Crippen molar-refractivity contribution in [1.29, 1.82) is 0 Å². The van der Waals surface area contributed by atoms with Crippen LogP contribution in [0.15, 0.2) is 23.1 Å². The van der Waals surface area contributed by atoms with Crippen molar-refractivity contribution in [3.05, 3.63) is 33.8 Å². The number of halogens is 2. The third kappa shape index (κ3) is 9.15.